The van der Waals surface area contributed by atoms with E-state index in [1.165, 1.54) is 33.8 Å². The third-order valence-corrected chi connectivity index (χ3v) is 6.63. The first kappa shape index (κ1) is 43.7. The molecule has 0 radical (unpaired) electrons. The van der Waals surface area contributed by atoms with Gasteiger partial charge in [0.25, 0.3) is 0 Å². The molecule has 1 unspecified atom stereocenters. The summed E-state index contributed by atoms with van der Waals surface area (Å²) in [7, 11) is -3.75. The maximum Gasteiger partial charge on any atom is 0.475 e. The molecular weight excluding hydrogens is 599 g/mol. The monoisotopic (exact) mass is 654 g/mol. The SMILES string of the molecule is C=CCOP(=O)(OCCC)OC[C@@H](COCC[C@H](C)NC(C)=O)NC(C)=O.CC(=O)N[C@@H](CO)COCC[C@H](C)NC(C)=O. The Hall–Kier alpha value is -2.39. The van der Waals surface area contributed by atoms with Gasteiger partial charge in [0, 0.05) is 53.0 Å². The van der Waals surface area contributed by atoms with Gasteiger partial charge in [0.1, 0.15) is 0 Å². The minimum atomic E-state index is -3.75. The first-order chi connectivity index (χ1) is 20.7. The number of carbonyl (C=O) groups excluding carboxylic acids is 4. The Labute approximate surface area is 262 Å². The average Bonchev–Trinajstić information content (AvgIpc) is 2.92. The molecule has 0 aliphatic rings. The van der Waals surface area contributed by atoms with E-state index in [9.17, 15) is 23.7 Å². The molecule has 0 bridgehead atoms. The van der Waals surface area contributed by atoms with Gasteiger partial charge >= 0.3 is 7.82 Å². The zero-order valence-electron chi connectivity index (χ0n) is 27.3. The van der Waals surface area contributed by atoms with Crippen molar-refractivity contribution in [1.29, 1.82) is 0 Å². The lowest BCUT2D eigenvalue weighted by atomic mass is 10.2. The molecule has 15 nitrogen and oxygen atoms in total. The molecule has 5 N–H and O–H groups in total. The molecule has 0 saturated heterocycles. The second-order valence-corrected chi connectivity index (χ2v) is 11.7. The van der Waals surface area contributed by atoms with Gasteiger partial charge in [0.05, 0.1) is 51.7 Å². The highest BCUT2D eigenvalue weighted by Crippen LogP contribution is 2.49. The van der Waals surface area contributed by atoms with Crippen LogP contribution < -0.4 is 21.3 Å². The van der Waals surface area contributed by atoms with Crippen LogP contribution in [0.4, 0.5) is 0 Å². The fourth-order valence-electron chi connectivity index (χ4n) is 3.30. The fourth-order valence-corrected chi connectivity index (χ4v) is 4.58. The standard InChI is InChI=1S/C17H33N2O7P.C11H22N2O4/c1-6-9-24-27(22,25-10-7-2)26-13-17(19-16(5)21)12-23-11-8-14(3)18-15(4)20;1-8(12-9(2)15)4-5-17-7-11(6-14)13-10(3)16/h6,14,17H,1,7-13H2,2-5H3,(H,18,20)(H,19,21);8,11,14H,4-7H2,1-3H3,(H,12,15)(H,13,16)/t14-,17+,27?;8-,11-/m00/s1. The molecule has 0 heterocycles. The molecular formula is C28H55N4O11P. The second-order valence-electron chi connectivity index (χ2n) is 10.1. The average molecular weight is 655 g/mol. The molecule has 258 valence electrons. The second kappa shape index (κ2) is 27.0. The zero-order chi connectivity index (χ0) is 34.0. The number of aliphatic hydroxyl groups is 1. The molecule has 5 atom stereocenters. The Morgan fingerprint density at radius 2 is 1.18 bits per heavy atom. The van der Waals surface area contributed by atoms with Crippen LogP contribution in [0, 0.1) is 0 Å². The highest BCUT2D eigenvalue weighted by atomic mass is 31.2. The van der Waals surface area contributed by atoms with Crippen LogP contribution in [0.15, 0.2) is 12.7 Å². The molecule has 0 saturated carbocycles. The van der Waals surface area contributed by atoms with Gasteiger partial charge in [-0.05, 0) is 33.1 Å². The summed E-state index contributed by atoms with van der Waals surface area (Å²) in [5, 5.41) is 19.7. The Morgan fingerprint density at radius 3 is 1.59 bits per heavy atom. The minimum absolute atomic E-state index is 0.0172. The van der Waals surface area contributed by atoms with Crippen LogP contribution in [0.1, 0.15) is 67.7 Å². The number of rotatable bonds is 24. The highest BCUT2D eigenvalue weighted by molar-refractivity contribution is 7.48. The molecule has 0 aliphatic heterocycles. The van der Waals surface area contributed by atoms with Crippen molar-refractivity contribution in [2.75, 3.05) is 52.9 Å². The molecule has 4 amide bonds. The summed E-state index contributed by atoms with van der Waals surface area (Å²) in [5.74, 6) is -0.632. The third kappa shape index (κ3) is 28.4. The van der Waals surface area contributed by atoms with Gasteiger partial charge < -0.3 is 35.8 Å². The summed E-state index contributed by atoms with van der Waals surface area (Å²) in [6, 6.07) is -0.859. The summed E-state index contributed by atoms with van der Waals surface area (Å²) in [4.78, 5) is 43.8. The van der Waals surface area contributed by atoms with E-state index in [4.69, 9.17) is 28.2 Å². The quantitative estimate of drug-likeness (QED) is 0.0575. The largest absolute Gasteiger partial charge is 0.475 e. The van der Waals surface area contributed by atoms with E-state index in [1.54, 1.807) is 0 Å². The number of nitrogens with one attached hydrogen (secondary N) is 4. The fraction of sp³-hybridized carbons (Fsp3) is 0.786. The normalized spacial score (nSPS) is 14.8. The van der Waals surface area contributed by atoms with Crippen LogP contribution >= 0.6 is 7.82 Å². The lowest BCUT2D eigenvalue weighted by molar-refractivity contribution is -0.121. The van der Waals surface area contributed by atoms with Crippen LogP contribution in [0.25, 0.3) is 0 Å². The highest BCUT2D eigenvalue weighted by Gasteiger charge is 2.28. The van der Waals surface area contributed by atoms with Crippen LogP contribution in [0.3, 0.4) is 0 Å². The number of amides is 4. The van der Waals surface area contributed by atoms with E-state index in [1.807, 2.05) is 20.8 Å². The molecule has 44 heavy (non-hydrogen) atoms. The summed E-state index contributed by atoms with van der Waals surface area (Å²) >= 11 is 0. The van der Waals surface area contributed by atoms with E-state index in [0.717, 1.165) is 0 Å². The number of hydrogen-bond donors (Lipinski definition) is 5. The number of phosphoric acid groups is 1. The van der Waals surface area contributed by atoms with Gasteiger partial charge in [0.2, 0.25) is 23.6 Å². The van der Waals surface area contributed by atoms with Gasteiger partial charge in [0.15, 0.2) is 0 Å². The van der Waals surface area contributed by atoms with E-state index >= 15 is 0 Å². The summed E-state index contributed by atoms with van der Waals surface area (Å²) in [6.45, 7) is 16.1. The Balaban J connectivity index is 0. The van der Waals surface area contributed by atoms with E-state index in [-0.39, 0.29) is 81.4 Å². The lowest BCUT2D eigenvalue weighted by Crippen LogP contribution is -2.40. The summed E-state index contributed by atoms with van der Waals surface area (Å²) in [6.07, 6.45) is 3.40. The van der Waals surface area contributed by atoms with Gasteiger partial charge in [-0.3, -0.25) is 32.7 Å². The van der Waals surface area contributed by atoms with E-state index in [0.29, 0.717) is 32.5 Å². The van der Waals surface area contributed by atoms with Crippen molar-refractivity contribution in [2.24, 2.45) is 0 Å². The van der Waals surface area contributed by atoms with Crippen molar-refractivity contribution in [2.45, 2.75) is 91.9 Å². The predicted molar refractivity (Wildman–Crippen MR) is 166 cm³/mol. The van der Waals surface area contributed by atoms with E-state index in [2.05, 4.69) is 27.8 Å². The molecule has 0 aromatic carbocycles. The van der Waals surface area contributed by atoms with Crippen LogP contribution in [-0.4, -0.2) is 106 Å². The maximum atomic E-state index is 12.5. The van der Waals surface area contributed by atoms with Crippen molar-refractivity contribution in [1.82, 2.24) is 21.3 Å². The number of aliphatic hydroxyl groups excluding tert-OH is 1. The number of carbonyl (C=O) groups is 4. The smallest absolute Gasteiger partial charge is 0.394 e. The van der Waals surface area contributed by atoms with Crippen molar-refractivity contribution in [3.05, 3.63) is 12.7 Å². The molecule has 0 spiro atoms. The Kier molecular flexibility index (Phi) is 26.8. The first-order valence-corrected chi connectivity index (χ1v) is 16.1. The molecule has 0 aromatic heterocycles. The number of phosphoric ester groups is 1. The summed E-state index contributed by atoms with van der Waals surface area (Å²) < 4.78 is 39.1. The van der Waals surface area contributed by atoms with Crippen molar-refractivity contribution < 1.29 is 51.9 Å². The van der Waals surface area contributed by atoms with Crippen molar-refractivity contribution >= 4 is 31.5 Å². The van der Waals surface area contributed by atoms with Crippen molar-refractivity contribution in [3.63, 3.8) is 0 Å². The molecule has 0 aromatic rings. The minimum Gasteiger partial charge on any atom is -0.394 e. The van der Waals surface area contributed by atoms with Gasteiger partial charge in [-0.15, -0.1) is 6.58 Å². The van der Waals surface area contributed by atoms with Gasteiger partial charge in [-0.25, -0.2) is 4.57 Å². The third-order valence-electron chi connectivity index (χ3n) is 5.20. The first-order valence-electron chi connectivity index (χ1n) is 14.7. The molecule has 0 rings (SSSR count). The zero-order valence-corrected chi connectivity index (χ0v) is 28.2. The lowest BCUT2D eigenvalue weighted by Gasteiger charge is -2.22. The number of hydrogen-bond acceptors (Lipinski definition) is 11. The van der Waals surface area contributed by atoms with Gasteiger partial charge in [-0.1, -0.05) is 13.0 Å². The van der Waals surface area contributed by atoms with Crippen LogP contribution in [0.2, 0.25) is 0 Å². The number of ether oxygens (including phenoxy) is 2. The summed E-state index contributed by atoms with van der Waals surface area (Å²) in [5.41, 5.74) is 0. The molecule has 0 fully saturated rings. The Bertz CT molecular complexity index is 879. The van der Waals surface area contributed by atoms with E-state index < -0.39 is 13.9 Å². The Morgan fingerprint density at radius 1 is 0.727 bits per heavy atom. The van der Waals surface area contributed by atoms with Crippen molar-refractivity contribution in [3.8, 4) is 0 Å². The van der Waals surface area contributed by atoms with Crippen LogP contribution in [-0.2, 0) is 46.8 Å². The van der Waals surface area contributed by atoms with Crippen LogP contribution in [0.5, 0.6) is 0 Å². The topological polar surface area (TPSA) is 200 Å². The molecule has 16 heteroatoms. The van der Waals surface area contributed by atoms with Gasteiger partial charge in [-0.2, -0.15) is 0 Å². The molecule has 0 aliphatic carbocycles. The predicted octanol–water partition coefficient (Wildman–Crippen LogP) is 1.59. The maximum absolute atomic E-state index is 12.5.